The lowest BCUT2D eigenvalue weighted by molar-refractivity contribution is 0.112. The maximum Gasteiger partial charge on any atom is 0.151 e. The Morgan fingerprint density at radius 1 is 1.17 bits per heavy atom. The van der Waals surface area contributed by atoms with Gasteiger partial charge >= 0.3 is 0 Å². The van der Waals surface area contributed by atoms with Crippen LogP contribution in [0.1, 0.15) is 10.4 Å². The van der Waals surface area contributed by atoms with Crippen molar-refractivity contribution in [2.24, 2.45) is 0 Å². The zero-order valence-electron chi connectivity index (χ0n) is 9.91. The van der Waals surface area contributed by atoms with Crippen LogP contribution >= 0.6 is 0 Å². The molecule has 0 atom stereocenters. The summed E-state index contributed by atoms with van der Waals surface area (Å²) >= 11 is 0. The van der Waals surface area contributed by atoms with E-state index in [0.29, 0.717) is 22.7 Å². The Morgan fingerprint density at radius 3 is 2.44 bits per heavy atom. The van der Waals surface area contributed by atoms with Crippen molar-refractivity contribution in [1.82, 2.24) is 4.98 Å². The minimum Gasteiger partial charge on any atom is -0.456 e. The van der Waals surface area contributed by atoms with E-state index in [1.807, 2.05) is 0 Å². The topological polar surface area (TPSA) is 85.4 Å². The van der Waals surface area contributed by atoms with E-state index in [1.165, 1.54) is 6.20 Å². The highest BCUT2D eigenvalue weighted by Crippen LogP contribution is 2.21. The maximum absolute atomic E-state index is 10.5. The normalized spacial score (nSPS) is 9.00. The Morgan fingerprint density at radius 2 is 1.83 bits per heavy atom. The maximum atomic E-state index is 10.5. The van der Waals surface area contributed by atoms with Gasteiger partial charge in [-0.25, -0.2) is 0 Å². The van der Waals surface area contributed by atoms with Gasteiger partial charge in [-0.3, -0.25) is 9.78 Å². The number of nitrogens with zero attached hydrogens (tertiary/aromatic N) is 1. The molecule has 0 aliphatic rings. The van der Waals surface area contributed by atoms with Crippen molar-refractivity contribution in [3.8, 4) is 11.5 Å². The van der Waals surface area contributed by atoms with Crippen LogP contribution in [0.3, 0.4) is 0 Å². The molecule has 18 heavy (non-hydrogen) atoms. The summed E-state index contributed by atoms with van der Waals surface area (Å²) < 4.78 is 5.50. The molecule has 0 saturated heterocycles. The third-order valence-corrected chi connectivity index (χ3v) is 1.99. The average Bonchev–Trinajstić information content (AvgIpc) is 2.44. The molecule has 5 heteroatoms. The van der Waals surface area contributed by atoms with Crippen LogP contribution < -0.4 is 10.5 Å². The zero-order valence-corrected chi connectivity index (χ0v) is 9.91. The summed E-state index contributed by atoms with van der Waals surface area (Å²) in [6.07, 6.45) is 3.75. The molecule has 2 rings (SSSR count). The Bertz CT molecular complexity index is 498. The van der Waals surface area contributed by atoms with Crippen LogP contribution in [0.25, 0.3) is 0 Å². The fourth-order valence-corrected chi connectivity index (χ4v) is 1.23. The van der Waals surface area contributed by atoms with Crippen molar-refractivity contribution in [3.05, 3.63) is 48.3 Å². The predicted octanol–water partition coefficient (Wildman–Crippen LogP) is 1.88. The second-order valence-corrected chi connectivity index (χ2v) is 3.24. The minimum absolute atomic E-state index is 0.480. The van der Waals surface area contributed by atoms with Crippen molar-refractivity contribution < 1.29 is 14.6 Å². The number of benzene rings is 1. The molecule has 0 radical (unpaired) electrons. The second kappa shape index (κ2) is 7.03. The highest BCUT2D eigenvalue weighted by atomic mass is 16.5. The predicted molar refractivity (Wildman–Crippen MR) is 68.7 cm³/mol. The van der Waals surface area contributed by atoms with Gasteiger partial charge in [-0.1, -0.05) is 0 Å². The van der Waals surface area contributed by atoms with E-state index >= 15 is 0 Å². The molecule has 0 fully saturated rings. The second-order valence-electron chi connectivity index (χ2n) is 3.24. The zero-order chi connectivity index (χ0) is 13.4. The van der Waals surface area contributed by atoms with Gasteiger partial charge in [0.1, 0.15) is 11.5 Å². The number of anilines is 1. The number of aldehydes is 1. The van der Waals surface area contributed by atoms with Crippen LogP contribution in [0.15, 0.2) is 42.7 Å². The molecule has 0 amide bonds. The lowest BCUT2D eigenvalue weighted by atomic mass is 10.3. The molecular weight excluding hydrogens is 232 g/mol. The molecule has 0 bridgehead atoms. The van der Waals surface area contributed by atoms with Gasteiger partial charge < -0.3 is 15.6 Å². The minimum atomic E-state index is 0.480. The van der Waals surface area contributed by atoms with E-state index in [4.69, 9.17) is 15.6 Å². The highest BCUT2D eigenvalue weighted by Gasteiger charge is 1.99. The van der Waals surface area contributed by atoms with Gasteiger partial charge in [0.05, 0.1) is 6.20 Å². The number of rotatable bonds is 3. The van der Waals surface area contributed by atoms with Gasteiger partial charge in [0.15, 0.2) is 6.29 Å². The summed E-state index contributed by atoms with van der Waals surface area (Å²) in [5, 5.41) is 7.00. The van der Waals surface area contributed by atoms with Crippen LogP contribution in [-0.2, 0) is 0 Å². The molecule has 0 saturated carbocycles. The average molecular weight is 246 g/mol. The first kappa shape index (κ1) is 13.7. The van der Waals surface area contributed by atoms with E-state index in [0.717, 1.165) is 13.4 Å². The first-order chi connectivity index (χ1) is 8.78. The van der Waals surface area contributed by atoms with Gasteiger partial charge in [0.2, 0.25) is 0 Å². The number of aromatic nitrogens is 1. The van der Waals surface area contributed by atoms with Crippen molar-refractivity contribution in [1.29, 1.82) is 0 Å². The summed E-state index contributed by atoms with van der Waals surface area (Å²) in [7, 11) is 1.00. The molecule has 0 unspecified atom stereocenters. The van der Waals surface area contributed by atoms with E-state index in [2.05, 4.69) is 4.98 Å². The Kier molecular flexibility index (Phi) is 5.34. The van der Waals surface area contributed by atoms with Crippen molar-refractivity contribution >= 4 is 12.0 Å². The molecule has 2 aromatic rings. The number of nitrogens with two attached hydrogens (primary N) is 1. The van der Waals surface area contributed by atoms with E-state index < -0.39 is 0 Å². The largest absolute Gasteiger partial charge is 0.456 e. The first-order valence-corrected chi connectivity index (χ1v) is 5.16. The molecule has 0 aliphatic carbocycles. The number of carbonyl (C=O) groups is 1. The fraction of sp³-hybridized carbons (Fsp3) is 0.0769. The summed E-state index contributed by atoms with van der Waals surface area (Å²) in [6, 6.07) is 8.61. The fourth-order valence-electron chi connectivity index (χ4n) is 1.23. The lowest BCUT2D eigenvalue weighted by Gasteiger charge is -2.05. The number of carbonyl (C=O) groups excluding carboxylic acids is 1. The molecule has 1 aromatic carbocycles. The third kappa shape index (κ3) is 3.88. The number of pyridine rings is 1. The summed E-state index contributed by atoms with van der Waals surface area (Å²) in [5.41, 5.74) is 6.70. The smallest absolute Gasteiger partial charge is 0.151 e. The van der Waals surface area contributed by atoms with Crippen LogP contribution in [0.5, 0.6) is 11.5 Å². The number of aliphatic hydroxyl groups excluding tert-OH is 1. The van der Waals surface area contributed by atoms with Gasteiger partial charge in [0, 0.05) is 24.6 Å². The molecule has 3 N–H and O–H groups in total. The Labute approximate surface area is 105 Å². The van der Waals surface area contributed by atoms with Gasteiger partial charge in [-0.15, -0.1) is 0 Å². The number of hydrogen-bond acceptors (Lipinski definition) is 5. The Hall–Kier alpha value is -2.40. The number of hydrogen-bond donors (Lipinski definition) is 2. The summed E-state index contributed by atoms with van der Waals surface area (Å²) in [5.74, 6) is 1.17. The standard InChI is InChI=1S/C12H10N2O2.CH4O/c13-10-1-3-11(4-2-10)16-12-5-9(8-15)6-14-7-12;1-2/h1-8H,13H2;2H,1H3. The van der Waals surface area contributed by atoms with Crippen LogP contribution in [-0.4, -0.2) is 23.5 Å². The van der Waals surface area contributed by atoms with Crippen molar-refractivity contribution in [3.63, 3.8) is 0 Å². The number of nitrogen functional groups attached to an aromatic ring is 1. The molecule has 94 valence electrons. The third-order valence-electron chi connectivity index (χ3n) is 1.99. The highest BCUT2D eigenvalue weighted by molar-refractivity contribution is 5.74. The van der Waals surface area contributed by atoms with Crippen LogP contribution in [0, 0.1) is 0 Å². The van der Waals surface area contributed by atoms with Gasteiger partial charge in [-0.2, -0.15) is 0 Å². The van der Waals surface area contributed by atoms with Gasteiger partial charge in [-0.05, 0) is 30.3 Å². The summed E-state index contributed by atoms with van der Waals surface area (Å²) in [6.45, 7) is 0. The van der Waals surface area contributed by atoms with Gasteiger partial charge in [0.25, 0.3) is 0 Å². The van der Waals surface area contributed by atoms with E-state index in [1.54, 1.807) is 36.5 Å². The molecule has 1 heterocycles. The Balaban J connectivity index is 0.000000771. The molecule has 0 spiro atoms. The number of aliphatic hydroxyl groups is 1. The van der Waals surface area contributed by atoms with Crippen molar-refractivity contribution in [2.45, 2.75) is 0 Å². The number of ether oxygens (including phenoxy) is 1. The van der Waals surface area contributed by atoms with E-state index in [9.17, 15) is 4.79 Å². The van der Waals surface area contributed by atoms with E-state index in [-0.39, 0.29) is 0 Å². The summed E-state index contributed by atoms with van der Waals surface area (Å²) in [4.78, 5) is 14.4. The van der Waals surface area contributed by atoms with Crippen molar-refractivity contribution in [2.75, 3.05) is 12.8 Å². The lowest BCUT2D eigenvalue weighted by Crippen LogP contribution is -1.89. The first-order valence-electron chi connectivity index (χ1n) is 5.16. The van der Waals surface area contributed by atoms with Crippen LogP contribution in [0.2, 0.25) is 0 Å². The van der Waals surface area contributed by atoms with Crippen LogP contribution in [0.4, 0.5) is 5.69 Å². The SMILES string of the molecule is CO.Nc1ccc(Oc2cncc(C=O)c2)cc1. The molecule has 0 aliphatic heterocycles. The quantitative estimate of drug-likeness (QED) is 0.638. The molecular formula is C13H14N2O3. The molecule has 5 nitrogen and oxygen atoms in total. The monoisotopic (exact) mass is 246 g/mol. The molecule has 1 aromatic heterocycles.